The highest BCUT2D eigenvalue weighted by molar-refractivity contribution is 5.86. The highest BCUT2D eigenvalue weighted by Crippen LogP contribution is 2.15. The van der Waals surface area contributed by atoms with Gasteiger partial charge in [-0.3, -0.25) is 14.6 Å². The minimum atomic E-state index is -0.249. The van der Waals surface area contributed by atoms with Crippen LogP contribution in [0.5, 0.6) is 0 Å². The Morgan fingerprint density at radius 2 is 2.07 bits per heavy atom. The van der Waals surface area contributed by atoms with E-state index in [1.54, 1.807) is 35.6 Å². The predicted molar refractivity (Wildman–Crippen MR) is 107 cm³/mol. The van der Waals surface area contributed by atoms with Crippen molar-refractivity contribution in [1.82, 2.24) is 24.3 Å². The molecule has 1 aliphatic rings. The summed E-state index contributed by atoms with van der Waals surface area (Å²) in [6.07, 6.45) is 4.85. The Bertz CT molecular complexity index is 1000. The summed E-state index contributed by atoms with van der Waals surface area (Å²) in [6, 6.07) is 11.4. The fraction of sp³-hybridized carbons (Fsp3) is 0.333. The maximum absolute atomic E-state index is 13.0. The van der Waals surface area contributed by atoms with E-state index in [-0.39, 0.29) is 31.0 Å². The number of imidazole rings is 1. The second-order valence-corrected chi connectivity index (χ2v) is 7.13. The van der Waals surface area contributed by atoms with Gasteiger partial charge in [0.15, 0.2) is 0 Å². The number of rotatable bonds is 5. The lowest BCUT2D eigenvalue weighted by molar-refractivity contribution is -0.139. The summed E-state index contributed by atoms with van der Waals surface area (Å²) >= 11 is 0. The zero-order valence-electron chi connectivity index (χ0n) is 16.3. The van der Waals surface area contributed by atoms with Gasteiger partial charge in [0.2, 0.25) is 11.8 Å². The number of aromatic nitrogens is 3. The Hall–Kier alpha value is -3.26. The Morgan fingerprint density at radius 1 is 1.21 bits per heavy atom. The summed E-state index contributed by atoms with van der Waals surface area (Å²) in [5.41, 5.74) is 2.67. The summed E-state index contributed by atoms with van der Waals surface area (Å²) in [6.45, 7) is 1.42. The molecule has 0 saturated carbocycles. The maximum Gasteiger partial charge on any atom is 0.243 e. The van der Waals surface area contributed by atoms with Crippen molar-refractivity contribution >= 4 is 22.8 Å². The second-order valence-electron chi connectivity index (χ2n) is 7.13. The van der Waals surface area contributed by atoms with E-state index in [0.717, 1.165) is 16.6 Å². The molecule has 0 aliphatic carbocycles. The normalized spacial score (nSPS) is 17.6. The molecular formula is C21H23N5O3. The Kier molecular flexibility index (Phi) is 5.53. The van der Waals surface area contributed by atoms with Crippen LogP contribution < -0.4 is 0 Å². The molecule has 0 N–H and O–H groups in total. The molecule has 0 bridgehead atoms. The molecule has 1 aromatic carbocycles. The van der Waals surface area contributed by atoms with Crippen molar-refractivity contribution in [1.29, 1.82) is 0 Å². The standard InChI is InChI=1S/C21H23N5O3/c1-29-17-11-24(10-16-5-4-8-22-9-16)20(27)13-25(12-17)21(28)14-26-15-23-18-6-2-3-7-19(18)26/h2-9,15,17H,10-14H2,1H3. The number of ether oxygens (including phenoxy) is 1. The lowest BCUT2D eigenvalue weighted by Crippen LogP contribution is -2.41. The minimum Gasteiger partial charge on any atom is -0.378 e. The average molecular weight is 393 g/mol. The van der Waals surface area contributed by atoms with Crippen LogP contribution in [0.3, 0.4) is 0 Å². The van der Waals surface area contributed by atoms with E-state index in [1.165, 1.54) is 0 Å². The van der Waals surface area contributed by atoms with Crippen LogP contribution in [-0.4, -0.2) is 69.0 Å². The average Bonchev–Trinajstić information content (AvgIpc) is 3.07. The first-order valence-electron chi connectivity index (χ1n) is 9.51. The van der Waals surface area contributed by atoms with Crippen LogP contribution in [0.1, 0.15) is 5.56 Å². The van der Waals surface area contributed by atoms with Crippen molar-refractivity contribution in [3.8, 4) is 0 Å². The number of methoxy groups -OCH3 is 1. The number of fused-ring (bicyclic) bond motifs is 1. The maximum atomic E-state index is 13.0. The van der Waals surface area contributed by atoms with Gasteiger partial charge in [-0.25, -0.2) is 4.98 Å². The number of hydrogen-bond donors (Lipinski definition) is 0. The molecule has 4 rings (SSSR count). The lowest BCUT2D eigenvalue weighted by Gasteiger charge is -2.23. The van der Waals surface area contributed by atoms with Crippen LogP contribution >= 0.6 is 0 Å². The molecule has 8 heteroatoms. The fourth-order valence-corrected chi connectivity index (χ4v) is 3.56. The van der Waals surface area contributed by atoms with E-state index >= 15 is 0 Å². The second kappa shape index (κ2) is 8.40. The number of carbonyl (C=O) groups excluding carboxylic acids is 2. The van der Waals surface area contributed by atoms with Crippen molar-refractivity contribution in [3.05, 3.63) is 60.7 Å². The summed E-state index contributed by atoms with van der Waals surface area (Å²) in [5, 5.41) is 0. The molecule has 8 nitrogen and oxygen atoms in total. The summed E-state index contributed by atoms with van der Waals surface area (Å²) in [4.78, 5) is 37.6. The largest absolute Gasteiger partial charge is 0.378 e. The SMILES string of the molecule is COC1CN(C(=O)Cn2cnc3ccccc32)CC(=O)N(Cc2cccnc2)C1. The van der Waals surface area contributed by atoms with Crippen molar-refractivity contribution in [2.24, 2.45) is 0 Å². The summed E-state index contributed by atoms with van der Waals surface area (Å²) in [5.74, 6) is -0.232. The summed E-state index contributed by atoms with van der Waals surface area (Å²) < 4.78 is 7.36. The molecule has 150 valence electrons. The number of pyridine rings is 1. The Morgan fingerprint density at radius 3 is 2.86 bits per heavy atom. The van der Waals surface area contributed by atoms with Crippen LogP contribution in [-0.2, 0) is 27.4 Å². The van der Waals surface area contributed by atoms with Gasteiger partial charge >= 0.3 is 0 Å². The Labute approximate surface area is 168 Å². The molecule has 2 amide bonds. The topological polar surface area (TPSA) is 80.6 Å². The first-order chi connectivity index (χ1) is 14.1. The molecule has 1 saturated heterocycles. The highest BCUT2D eigenvalue weighted by atomic mass is 16.5. The quantitative estimate of drug-likeness (QED) is 0.653. The zero-order chi connectivity index (χ0) is 20.2. The first-order valence-corrected chi connectivity index (χ1v) is 9.51. The van der Waals surface area contributed by atoms with E-state index in [9.17, 15) is 9.59 Å². The molecule has 3 aromatic rings. The third kappa shape index (κ3) is 4.27. The molecule has 29 heavy (non-hydrogen) atoms. The number of hydrogen-bond acceptors (Lipinski definition) is 5. The van der Waals surface area contributed by atoms with E-state index in [2.05, 4.69) is 9.97 Å². The van der Waals surface area contributed by atoms with Crippen molar-refractivity contribution in [2.45, 2.75) is 19.2 Å². The van der Waals surface area contributed by atoms with E-state index in [0.29, 0.717) is 19.6 Å². The van der Waals surface area contributed by atoms with E-state index in [4.69, 9.17) is 4.74 Å². The monoisotopic (exact) mass is 393 g/mol. The zero-order valence-corrected chi connectivity index (χ0v) is 16.3. The van der Waals surface area contributed by atoms with E-state index < -0.39 is 0 Å². The van der Waals surface area contributed by atoms with Gasteiger partial charge in [-0.1, -0.05) is 18.2 Å². The first kappa shape index (κ1) is 19.1. The molecule has 1 atom stereocenters. The number of para-hydroxylation sites is 2. The van der Waals surface area contributed by atoms with Gasteiger partial charge in [-0.05, 0) is 23.8 Å². The smallest absolute Gasteiger partial charge is 0.243 e. The van der Waals surface area contributed by atoms with Gasteiger partial charge in [0.1, 0.15) is 6.54 Å². The molecule has 0 radical (unpaired) electrons. The van der Waals surface area contributed by atoms with Crippen LogP contribution in [0.2, 0.25) is 0 Å². The lowest BCUT2D eigenvalue weighted by atomic mass is 10.2. The van der Waals surface area contributed by atoms with Crippen LogP contribution in [0.4, 0.5) is 0 Å². The van der Waals surface area contributed by atoms with Crippen molar-refractivity contribution in [2.75, 3.05) is 26.7 Å². The predicted octanol–water partition coefficient (Wildman–Crippen LogP) is 1.32. The van der Waals surface area contributed by atoms with Crippen LogP contribution in [0.15, 0.2) is 55.1 Å². The van der Waals surface area contributed by atoms with Gasteiger partial charge in [-0.2, -0.15) is 0 Å². The molecule has 2 aromatic heterocycles. The molecule has 1 fully saturated rings. The molecule has 1 aliphatic heterocycles. The van der Waals surface area contributed by atoms with Crippen LogP contribution in [0, 0.1) is 0 Å². The Balaban J connectivity index is 1.49. The van der Waals surface area contributed by atoms with Gasteiger partial charge in [0.05, 0.1) is 30.0 Å². The molecule has 0 spiro atoms. The van der Waals surface area contributed by atoms with Gasteiger partial charge in [-0.15, -0.1) is 0 Å². The minimum absolute atomic E-state index is 0.0333. The number of nitrogens with zero attached hydrogens (tertiary/aromatic N) is 5. The molecule has 3 heterocycles. The van der Waals surface area contributed by atoms with Gasteiger partial charge in [0, 0.05) is 39.1 Å². The fourth-order valence-electron chi connectivity index (χ4n) is 3.56. The van der Waals surface area contributed by atoms with Crippen molar-refractivity contribution in [3.63, 3.8) is 0 Å². The van der Waals surface area contributed by atoms with Crippen molar-refractivity contribution < 1.29 is 14.3 Å². The molecule has 1 unspecified atom stereocenters. The number of carbonyl (C=O) groups is 2. The van der Waals surface area contributed by atoms with E-state index in [1.807, 2.05) is 41.0 Å². The number of amides is 2. The van der Waals surface area contributed by atoms with Gasteiger partial charge in [0.25, 0.3) is 0 Å². The highest BCUT2D eigenvalue weighted by Gasteiger charge is 2.30. The van der Waals surface area contributed by atoms with Crippen LogP contribution in [0.25, 0.3) is 11.0 Å². The molecular weight excluding hydrogens is 370 g/mol. The summed E-state index contributed by atoms with van der Waals surface area (Å²) in [7, 11) is 1.61. The number of benzene rings is 1. The third-order valence-electron chi connectivity index (χ3n) is 5.14. The third-order valence-corrected chi connectivity index (χ3v) is 5.14. The van der Waals surface area contributed by atoms with Gasteiger partial charge < -0.3 is 19.1 Å².